The number of hydrogen-bond donors (Lipinski definition) is 0. The SMILES string of the molecule is O=C1OC2(c3ccccc31)c1cc(Br)c(Br)c(Br)c1Oc1c2cc(Br)c(Br)c1Br. The van der Waals surface area contributed by atoms with Gasteiger partial charge in [0.15, 0.2) is 17.1 Å². The van der Waals surface area contributed by atoms with Crippen LogP contribution in [-0.4, -0.2) is 5.97 Å². The number of ether oxygens (including phenoxy) is 2. The number of halogens is 6. The van der Waals surface area contributed by atoms with Crippen LogP contribution in [0.1, 0.15) is 27.0 Å². The van der Waals surface area contributed by atoms with Crippen molar-refractivity contribution in [2.75, 3.05) is 0 Å². The Balaban J connectivity index is 1.99. The van der Waals surface area contributed by atoms with Gasteiger partial charge in [-0.25, -0.2) is 4.79 Å². The molecule has 0 aromatic heterocycles. The lowest BCUT2D eigenvalue weighted by molar-refractivity contribution is 0.0223. The van der Waals surface area contributed by atoms with Gasteiger partial charge in [0, 0.05) is 23.5 Å². The van der Waals surface area contributed by atoms with Crippen LogP contribution in [0.25, 0.3) is 0 Å². The highest BCUT2D eigenvalue weighted by Crippen LogP contribution is 2.61. The molecule has 2 heterocycles. The summed E-state index contributed by atoms with van der Waals surface area (Å²) in [5.74, 6) is 0.781. The predicted octanol–water partition coefficient (Wildman–Crippen LogP) is 8.83. The Labute approximate surface area is 216 Å². The van der Waals surface area contributed by atoms with E-state index in [0.717, 1.165) is 43.5 Å². The predicted molar refractivity (Wildman–Crippen MR) is 131 cm³/mol. The van der Waals surface area contributed by atoms with Crippen molar-refractivity contribution in [2.24, 2.45) is 0 Å². The van der Waals surface area contributed by atoms with Gasteiger partial charge in [0.1, 0.15) is 0 Å². The van der Waals surface area contributed by atoms with Crippen LogP contribution in [0.3, 0.4) is 0 Å². The van der Waals surface area contributed by atoms with Gasteiger partial charge < -0.3 is 9.47 Å². The third-order valence-corrected chi connectivity index (χ3v) is 11.5. The summed E-state index contributed by atoms with van der Waals surface area (Å²) < 4.78 is 17.2. The number of hydrogen-bond acceptors (Lipinski definition) is 3. The lowest BCUT2D eigenvalue weighted by Gasteiger charge is -2.38. The van der Waals surface area contributed by atoms with Crippen molar-refractivity contribution < 1.29 is 14.3 Å². The number of benzene rings is 3. The Kier molecular flexibility index (Phi) is 5.12. The number of fused-ring (bicyclic) bond motifs is 6. The highest BCUT2D eigenvalue weighted by molar-refractivity contribution is 9.15. The van der Waals surface area contributed by atoms with Crippen molar-refractivity contribution in [3.8, 4) is 11.5 Å². The molecule has 3 aromatic carbocycles. The van der Waals surface area contributed by atoms with Gasteiger partial charge >= 0.3 is 5.97 Å². The summed E-state index contributed by atoms with van der Waals surface area (Å²) in [5.41, 5.74) is 1.63. The molecule has 1 spiro atoms. The molecule has 0 saturated heterocycles. The quantitative estimate of drug-likeness (QED) is 0.169. The molecule has 9 heteroatoms. The summed E-state index contributed by atoms with van der Waals surface area (Å²) >= 11 is 21.6. The summed E-state index contributed by atoms with van der Waals surface area (Å²) in [6.07, 6.45) is 0. The first-order chi connectivity index (χ1) is 13.8. The normalized spacial score (nSPS) is 15.4. The Morgan fingerprint density at radius 1 is 0.690 bits per heavy atom. The van der Waals surface area contributed by atoms with Crippen LogP contribution < -0.4 is 4.74 Å². The second-order valence-corrected chi connectivity index (χ2v) is 11.3. The van der Waals surface area contributed by atoms with Crippen LogP contribution >= 0.6 is 95.6 Å². The molecule has 29 heavy (non-hydrogen) atoms. The van der Waals surface area contributed by atoms with E-state index in [-0.39, 0.29) is 5.97 Å². The maximum Gasteiger partial charge on any atom is 0.340 e. The van der Waals surface area contributed by atoms with E-state index >= 15 is 0 Å². The maximum atomic E-state index is 12.9. The van der Waals surface area contributed by atoms with Gasteiger partial charge in [-0.2, -0.15) is 0 Å². The number of esters is 1. The van der Waals surface area contributed by atoms with Crippen LogP contribution in [-0.2, 0) is 10.3 Å². The lowest BCUT2D eigenvalue weighted by Crippen LogP contribution is -2.33. The first-order valence-corrected chi connectivity index (χ1v) is 12.9. The molecule has 0 fully saturated rings. The van der Waals surface area contributed by atoms with E-state index in [1.165, 1.54) is 0 Å². The zero-order valence-corrected chi connectivity index (χ0v) is 23.5. The average molecular weight is 774 g/mol. The van der Waals surface area contributed by atoms with Gasteiger partial charge in [-0.1, -0.05) is 18.2 Å². The largest absolute Gasteiger partial charge is 0.454 e. The topological polar surface area (TPSA) is 35.5 Å². The van der Waals surface area contributed by atoms with E-state index in [9.17, 15) is 4.79 Å². The maximum absolute atomic E-state index is 12.9. The third kappa shape index (κ3) is 2.77. The fourth-order valence-corrected chi connectivity index (χ4v) is 6.74. The summed E-state index contributed by atoms with van der Waals surface area (Å²) in [5, 5.41) is 0. The molecule has 0 amide bonds. The fourth-order valence-electron chi connectivity index (χ4n) is 3.74. The van der Waals surface area contributed by atoms with Gasteiger partial charge in [-0.05, 0) is 114 Å². The molecule has 0 bridgehead atoms. The Morgan fingerprint density at radius 2 is 1.21 bits per heavy atom. The average Bonchev–Trinajstić information content (AvgIpc) is 3.00. The van der Waals surface area contributed by atoms with Crippen molar-refractivity contribution in [3.05, 3.63) is 85.5 Å². The molecule has 2 aliphatic heterocycles. The Hall–Kier alpha value is -0.190. The molecular formula is C20H6Br6O3. The molecule has 3 nitrogen and oxygen atoms in total. The molecule has 5 rings (SSSR count). The van der Waals surface area contributed by atoms with E-state index in [4.69, 9.17) is 9.47 Å². The second kappa shape index (κ2) is 7.17. The minimum Gasteiger partial charge on any atom is -0.454 e. The molecule has 146 valence electrons. The van der Waals surface area contributed by atoms with Crippen molar-refractivity contribution in [2.45, 2.75) is 5.60 Å². The standard InChI is InChI=1S/C20H6Br6O3/c21-11-5-9-17(15(25)13(11)23)28-18-10(6-12(22)14(24)16(18)26)20(9)8-4-2-1-3-7(8)19(27)29-20/h1-6H. The molecule has 0 aliphatic carbocycles. The van der Waals surface area contributed by atoms with Crippen LogP contribution in [0.5, 0.6) is 11.5 Å². The molecule has 0 saturated carbocycles. The van der Waals surface area contributed by atoms with E-state index in [1.807, 2.05) is 30.3 Å². The van der Waals surface area contributed by atoms with Crippen LogP contribution in [0.4, 0.5) is 0 Å². The van der Waals surface area contributed by atoms with Gasteiger partial charge in [0.2, 0.25) is 0 Å². The molecule has 3 aromatic rings. The monoisotopic (exact) mass is 768 g/mol. The summed E-state index contributed by atoms with van der Waals surface area (Å²) in [7, 11) is 0. The summed E-state index contributed by atoms with van der Waals surface area (Å²) in [4.78, 5) is 12.9. The minimum absolute atomic E-state index is 0.371. The third-order valence-electron chi connectivity index (χ3n) is 4.97. The van der Waals surface area contributed by atoms with Gasteiger partial charge in [-0.15, -0.1) is 0 Å². The number of rotatable bonds is 0. The second-order valence-electron chi connectivity index (χ2n) is 6.44. The van der Waals surface area contributed by atoms with Gasteiger partial charge in [0.25, 0.3) is 0 Å². The molecule has 0 atom stereocenters. The van der Waals surface area contributed by atoms with Crippen LogP contribution in [0.15, 0.2) is 63.2 Å². The molecular weight excluding hydrogens is 768 g/mol. The van der Waals surface area contributed by atoms with Crippen molar-refractivity contribution in [1.29, 1.82) is 0 Å². The Morgan fingerprint density at radius 3 is 1.76 bits per heavy atom. The van der Waals surface area contributed by atoms with E-state index < -0.39 is 5.60 Å². The van der Waals surface area contributed by atoms with Crippen LogP contribution in [0.2, 0.25) is 0 Å². The molecule has 0 unspecified atom stereocenters. The highest BCUT2D eigenvalue weighted by atomic mass is 79.9. The van der Waals surface area contributed by atoms with E-state index in [1.54, 1.807) is 6.07 Å². The molecule has 2 aliphatic rings. The minimum atomic E-state index is -1.14. The first kappa shape index (κ1) is 20.7. The number of carbonyl (C=O) groups excluding carboxylic acids is 1. The number of carbonyl (C=O) groups is 1. The summed E-state index contributed by atoms with van der Waals surface area (Å²) in [6.45, 7) is 0. The Bertz CT molecular complexity index is 1190. The zero-order chi connectivity index (χ0) is 20.7. The van der Waals surface area contributed by atoms with E-state index in [0.29, 0.717) is 17.1 Å². The highest BCUT2D eigenvalue weighted by Gasteiger charge is 2.55. The zero-order valence-electron chi connectivity index (χ0n) is 14.0. The van der Waals surface area contributed by atoms with Crippen LogP contribution in [0, 0.1) is 0 Å². The smallest absolute Gasteiger partial charge is 0.340 e. The van der Waals surface area contributed by atoms with E-state index in [2.05, 4.69) is 95.6 Å². The van der Waals surface area contributed by atoms with Crippen molar-refractivity contribution in [1.82, 2.24) is 0 Å². The fraction of sp³-hybridized carbons (Fsp3) is 0.0500. The molecule has 0 N–H and O–H groups in total. The van der Waals surface area contributed by atoms with Crippen molar-refractivity contribution >= 4 is 102 Å². The van der Waals surface area contributed by atoms with Crippen molar-refractivity contribution in [3.63, 3.8) is 0 Å². The lowest BCUT2D eigenvalue weighted by atomic mass is 9.78. The first-order valence-electron chi connectivity index (χ1n) is 8.14. The van der Waals surface area contributed by atoms with Gasteiger partial charge in [0.05, 0.1) is 25.6 Å². The molecule has 0 radical (unpaired) electrons. The van der Waals surface area contributed by atoms with Gasteiger partial charge in [-0.3, -0.25) is 0 Å². The summed E-state index contributed by atoms with van der Waals surface area (Å²) in [6, 6.07) is 11.3.